The van der Waals surface area contributed by atoms with Gasteiger partial charge in [-0.2, -0.15) is 0 Å². The SMILES string of the molecule is CC1(C)O[C@@H]2[C@H](O1)[C@@H](c1ccccc1)C[C@@H]2O. The van der Waals surface area contributed by atoms with Crippen LogP contribution in [0.2, 0.25) is 0 Å². The monoisotopic (exact) mass is 234 g/mol. The summed E-state index contributed by atoms with van der Waals surface area (Å²) in [6.45, 7) is 3.81. The Morgan fingerprint density at radius 3 is 2.47 bits per heavy atom. The highest BCUT2D eigenvalue weighted by atomic mass is 16.8. The molecule has 1 saturated carbocycles. The van der Waals surface area contributed by atoms with E-state index in [9.17, 15) is 5.11 Å². The van der Waals surface area contributed by atoms with Crippen molar-refractivity contribution in [3.05, 3.63) is 35.9 Å². The van der Waals surface area contributed by atoms with Crippen LogP contribution < -0.4 is 0 Å². The number of ether oxygens (including phenoxy) is 2. The summed E-state index contributed by atoms with van der Waals surface area (Å²) in [7, 11) is 0. The van der Waals surface area contributed by atoms with Crippen LogP contribution in [-0.4, -0.2) is 29.2 Å². The van der Waals surface area contributed by atoms with E-state index in [1.807, 2.05) is 32.0 Å². The lowest BCUT2D eigenvalue weighted by Crippen LogP contribution is -2.28. The maximum Gasteiger partial charge on any atom is 0.163 e. The molecule has 1 aromatic carbocycles. The Morgan fingerprint density at radius 2 is 1.76 bits per heavy atom. The van der Waals surface area contributed by atoms with E-state index in [-0.39, 0.29) is 18.1 Å². The first-order chi connectivity index (χ1) is 8.07. The second kappa shape index (κ2) is 3.80. The topological polar surface area (TPSA) is 38.7 Å². The van der Waals surface area contributed by atoms with E-state index in [4.69, 9.17) is 9.47 Å². The van der Waals surface area contributed by atoms with Crippen LogP contribution in [0.1, 0.15) is 31.7 Å². The summed E-state index contributed by atoms with van der Waals surface area (Å²) in [5, 5.41) is 10.1. The zero-order valence-corrected chi connectivity index (χ0v) is 10.2. The zero-order valence-electron chi connectivity index (χ0n) is 10.2. The van der Waals surface area contributed by atoms with Crippen LogP contribution in [0.4, 0.5) is 0 Å². The van der Waals surface area contributed by atoms with Crippen molar-refractivity contribution in [3.63, 3.8) is 0 Å². The summed E-state index contributed by atoms with van der Waals surface area (Å²) in [6, 6.07) is 10.2. The number of rotatable bonds is 1. The molecule has 0 radical (unpaired) electrons. The summed E-state index contributed by atoms with van der Waals surface area (Å²) in [5.41, 5.74) is 1.22. The predicted molar refractivity (Wildman–Crippen MR) is 63.6 cm³/mol. The Morgan fingerprint density at radius 1 is 1.12 bits per heavy atom. The number of fused-ring (bicyclic) bond motifs is 1. The molecule has 1 aliphatic carbocycles. The standard InChI is InChI=1S/C14H18O3/c1-14(2)16-12-10(8-11(15)13(12)17-14)9-6-4-3-5-7-9/h3-7,10-13,15H,8H2,1-2H3/t10-,11+,12-,13+/m1/s1. The Bertz CT molecular complexity index is 401. The molecule has 0 bridgehead atoms. The Balaban J connectivity index is 1.89. The largest absolute Gasteiger partial charge is 0.390 e. The minimum atomic E-state index is -0.580. The van der Waals surface area contributed by atoms with Gasteiger partial charge in [-0.25, -0.2) is 0 Å². The normalized spacial score (nSPS) is 39.2. The van der Waals surface area contributed by atoms with Crippen LogP contribution >= 0.6 is 0 Å². The first-order valence-corrected chi connectivity index (χ1v) is 6.15. The second-order valence-corrected chi connectivity index (χ2v) is 5.38. The van der Waals surface area contributed by atoms with E-state index in [2.05, 4.69) is 12.1 Å². The third kappa shape index (κ3) is 1.88. The van der Waals surface area contributed by atoms with Crippen LogP contribution in [0.3, 0.4) is 0 Å². The van der Waals surface area contributed by atoms with Crippen molar-refractivity contribution in [2.75, 3.05) is 0 Å². The van der Waals surface area contributed by atoms with E-state index in [1.54, 1.807) is 0 Å². The molecule has 2 fully saturated rings. The van der Waals surface area contributed by atoms with Gasteiger partial charge in [-0.1, -0.05) is 30.3 Å². The summed E-state index contributed by atoms with van der Waals surface area (Å²) in [5.74, 6) is -0.345. The van der Waals surface area contributed by atoms with Crippen molar-refractivity contribution in [3.8, 4) is 0 Å². The van der Waals surface area contributed by atoms with Gasteiger partial charge in [0.2, 0.25) is 0 Å². The fourth-order valence-electron chi connectivity index (χ4n) is 2.98. The van der Waals surface area contributed by atoms with Gasteiger partial charge in [0.25, 0.3) is 0 Å². The van der Waals surface area contributed by atoms with Gasteiger partial charge >= 0.3 is 0 Å². The molecule has 0 spiro atoms. The van der Waals surface area contributed by atoms with Gasteiger partial charge in [0.15, 0.2) is 5.79 Å². The number of hydrogen-bond acceptors (Lipinski definition) is 3. The van der Waals surface area contributed by atoms with Crippen molar-refractivity contribution < 1.29 is 14.6 Å². The molecule has 0 unspecified atom stereocenters. The van der Waals surface area contributed by atoms with E-state index in [1.165, 1.54) is 5.56 Å². The van der Waals surface area contributed by atoms with Crippen LogP contribution in [0.15, 0.2) is 30.3 Å². The van der Waals surface area contributed by atoms with Crippen LogP contribution in [0.25, 0.3) is 0 Å². The van der Waals surface area contributed by atoms with Crippen LogP contribution in [-0.2, 0) is 9.47 Å². The van der Waals surface area contributed by atoms with Crippen molar-refractivity contribution >= 4 is 0 Å². The molecule has 1 saturated heterocycles. The third-order valence-corrected chi connectivity index (χ3v) is 3.66. The van der Waals surface area contributed by atoms with E-state index < -0.39 is 11.9 Å². The fraction of sp³-hybridized carbons (Fsp3) is 0.571. The minimum Gasteiger partial charge on any atom is -0.390 e. The molecule has 17 heavy (non-hydrogen) atoms. The minimum absolute atomic E-state index is 0.0256. The van der Waals surface area contributed by atoms with E-state index in [0.29, 0.717) is 0 Å². The summed E-state index contributed by atoms with van der Waals surface area (Å²) < 4.78 is 11.7. The highest BCUT2D eigenvalue weighted by molar-refractivity contribution is 5.24. The molecular formula is C14H18O3. The molecule has 3 heteroatoms. The zero-order chi connectivity index (χ0) is 12.0. The average Bonchev–Trinajstić information content (AvgIpc) is 2.76. The van der Waals surface area contributed by atoms with Crippen molar-refractivity contribution in [2.45, 2.75) is 50.3 Å². The predicted octanol–water partition coefficient (Wildman–Crippen LogP) is 2.05. The average molecular weight is 234 g/mol. The highest BCUT2D eigenvalue weighted by Crippen LogP contribution is 2.45. The lowest BCUT2D eigenvalue weighted by atomic mass is 9.95. The number of hydrogen-bond donors (Lipinski definition) is 1. The Labute approximate surface area is 101 Å². The lowest BCUT2D eigenvalue weighted by molar-refractivity contribution is -0.163. The van der Waals surface area contributed by atoms with Gasteiger partial charge in [-0.3, -0.25) is 0 Å². The lowest BCUT2D eigenvalue weighted by Gasteiger charge is -2.22. The molecule has 3 nitrogen and oxygen atoms in total. The number of aliphatic hydroxyl groups is 1. The first-order valence-electron chi connectivity index (χ1n) is 6.15. The Hall–Kier alpha value is -0.900. The molecule has 1 heterocycles. The molecule has 92 valence electrons. The van der Waals surface area contributed by atoms with Crippen LogP contribution in [0.5, 0.6) is 0 Å². The highest BCUT2D eigenvalue weighted by Gasteiger charge is 2.53. The van der Waals surface area contributed by atoms with E-state index >= 15 is 0 Å². The Kier molecular flexibility index (Phi) is 2.51. The summed E-state index contributed by atoms with van der Waals surface area (Å²) >= 11 is 0. The molecular weight excluding hydrogens is 216 g/mol. The fourth-order valence-corrected chi connectivity index (χ4v) is 2.98. The number of benzene rings is 1. The van der Waals surface area contributed by atoms with Gasteiger partial charge in [-0.15, -0.1) is 0 Å². The van der Waals surface area contributed by atoms with Gasteiger partial charge < -0.3 is 14.6 Å². The summed E-state index contributed by atoms with van der Waals surface area (Å²) in [4.78, 5) is 0. The van der Waals surface area contributed by atoms with Crippen molar-refractivity contribution in [2.24, 2.45) is 0 Å². The molecule has 2 aliphatic rings. The van der Waals surface area contributed by atoms with Crippen molar-refractivity contribution in [1.82, 2.24) is 0 Å². The molecule has 1 aliphatic heterocycles. The van der Waals surface area contributed by atoms with Gasteiger partial charge in [0.1, 0.15) is 6.10 Å². The maximum absolute atomic E-state index is 10.1. The molecule has 0 aromatic heterocycles. The molecule has 4 atom stereocenters. The third-order valence-electron chi connectivity index (χ3n) is 3.66. The number of aliphatic hydroxyl groups excluding tert-OH is 1. The van der Waals surface area contributed by atoms with Gasteiger partial charge in [-0.05, 0) is 25.8 Å². The maximum atomic E-state index is 10.1. The molecule has 0 amide bonds. The van der Waals surface area contributed by atoms with Crippen molar-refractivity contribution in [1.29, 1.82) is 0 Å². The van der Waals surface area contributed by atoms with Gasteiger partial charge in [0.05, 0.1) is 12.2 Å². The summed E-state index contributed by atoms with van der Waals surface area (Å²) in [6.07, 6.45) is 0.0830. The smallest absolute Gasteiger partial charge is 0.163 e. The molecule has 3 rings (SSSR count). The second-order valence-electron chi connectivity index (χ2n) is 5.38. The molecule has 1 N–H and O–H groups in total. The molecule has 1 aromatic rings. The quantitative estimate of drug-likeness (QED) is 0.808. The van der Waals surface area contributed by atoms with Crippen LogP contribution in [0, 0.1) is 0 Å². The van der Waals surface area contributed by atoms with E-state index in [0.717, 1.165) is 6.42 Å². The van der Waals surface area contributed by atoms with Gasteiger partial charge in [0, 0.05) is 5.92 Å². The first kappa shape index (κ1) is 11.2.